The van der Waals surface area contributed by atoms with Crippen LogP contribution in [0.2, 0.25) is 0 Å². The molecule has 1 saturated heterocycles. The van der Waals surface area contributed by atoms with E-state index in [-0.39, 0.29) is 24.3 Å². The molecule has 164 valence electrons. The number of nitrogens with one attached hydrogen (secondary N) is 1. The van der Waals surface area contributed by atoms with Crippen molar-refractivity contribution >= 4 is 23.3 Å². The van der Waals surface area contributed by atoms with Gasteiger partial charge in [0.25, 0.3) is 5.91 Å². The maximum Gasteiger partial charge on any atom is 0.324 e. The van der Waals surface area contributed by atoms with Crippen molar-refractivity contribution in [2.24, 2.45) is 0 Å². The molecule has 1 aliphatic heterocycles. The zero-order valence-corrected chi connectivity index (χ0v) is 17.8. The molecule has 4 rings (SSSR count). The van der Waals surface area contributed by atoms with E-state index in [0.29, 0.717) is 41.3 Å². The largest absolute Gasteiger partial charge is 0.497 e. The summed E-state index contributed by atoms with van der Waals surface area (Å²) in [6.45, 7) is 1.34. The monoisotopic (exact) mass is 433 g/mol. The van der Waals surface area contributed by atoms with Gasteiger partial charge in [0.15, 0.2) is 0 Å². The Balaban J connectivity index is 1.49. The van der Waals surface area contributed by atoms with E-state index in [4.69, 9.17) is 4.74 Å². The SMILES string of the molecule is COc1cccc(C(=O)Nc2cccc(N3CCCN(Cc4ccccc4F)C3=O)c2)c1. The van der Waals surface area contributed by atoms with Crippen molar-refractivity contribution in [1.29, 1.82) is 0 Å². The van der Waals surface area contributed by atoms with E-state index >= 15 is 0 Å². The number of hydrogen-bond donors (Lipinski definition) is 1. The minimum Gasteiger partial charge on any atom is -0.497 e. The molecule has 1 fully saturated rings. The highest BCUT2D eigenvalue weighted by Crippen LogP contribution is 2.25. The predicted octanol–water partition coefficient (Wildman–Crippen LogP) is 4.92. The molecule has 7 heteroatoms. The van der Waals surface area contributed by atoms with Crippen LogP contribution in [0.4, 0.5) is 20.6 Å². The minimum atomic E-state index is -0.320. The number of carbonyl (C=O) groups excluding carboxylic acids is 2. The Morgan fingerprint density at radius 3 is 2.66 bits per heavy atom. The second-order valence-electron chi connectivity index (χ2n) is 7.54. The summed E-state index contributed by atoms with van der Waals surface area (Å²) in [5, 5.41) is 2.87. The summed E-state index contributed by atoms with van der Waals surface area (Å²) in [6.07, 6.45) is 0.764. The highest BCUT2D eigenvalue weighted by Gasteiger charge is 2.27. The van der Waals surface area contributed by atoms with Gasteiger partial charge in [-0.15, -0.1) is 0 Å². The minimum absolute atomic E-state index is 0.184. The molecule has 6 nitrogen and oxygen atoms in total. The first-order valence-corrected chi connectivity index (χ1v) is 10.4. The lowest BCUT2D eigenvalue weighted by Crippen LogP contribution is -2.49. The maximum atomic E-state index is 14.1. The van der Waals surface area contributed by atoms with Crippen LogP contribution >= 0.6 is 0 Å². The highest BCUT2D eigenvalue weighted by molar-refractivity contribution is 6.05. The molecule has 0 atom stereocenters. The number of ether oxygens (including phenoxy) is 1. The fourth-order valence-corrected chi connectivity index (χ4v) is 3.72. The van der Waals surface area contributed by atoms with Gasteiger partial charge >= 0.3 is 6.03 Å². The van der Waals surface area contributed by atoms with Crippen molar-refractivity contribution in [2.75, 3.05) is 30.4 Å². The Bertz CT molecular complexity index is 1130. The molecule has 1 aliphatic rings. The van der Waals surface area contributed by atoms with Crippen LogP contribution in [0, 0.1) is 5.82 Å². The molecule has 32 heavy (non-hydrogen) atoms. The molecule has 0 radical (unpaired) electrons. The Labute approximate surface area is 186 Å². The van der Waals surface area contributed by atoms with Gasteiger partial charge in [0, 0.05) is 35.6 Å². The summed E-state index contributed by atoms with van der Waals surface area (Å²) in [5.41, 5.74) is 2.22. The van der Waals surface area contributed by atoms with Crippen LogP contribution in [0.25, 0.3) is 0 Å². The van der Waals surface area contributed by atoms with Gasteiger partial charge in [-0.1, -0.05) is 30.3 Å². The molecule has 0 spiro atoms. The first-order valence-electron chi connectivity index (χ1n) is 10.4. The lowest BCUT2D eigenvalue weighted by Gasteiger charge is -2.36. The molecule has 3 aromatic carbocycles. The molecule has 0 aliphatic carbocycles. The third-order valence-electron chi connectivity index (χ3n) is 5.38. The zero-order valence-electron chi connectivity index (χ0n) is 17.8. The van der Waals surface area contributed by atoms with E-state index < -0.39 is 0 Å². The fraction of sp³-hybridized carbons (Fsp3) is 0.200. The van der Waals surface area contributed by atoms with Gasteiger partial charge < -0.3 is 15.0 Å². The molecule has 0 saturated carbocycles. The molecule has 3 amide bonds. The number of rotatable bonds is 6. The van der Waals surface area contributed by atoms with Crippen molar-refractivity contribution in [3.05, 3.63) is 89.7 Å². The lowest BCUT2D eigenvalue weighted by atomic mass is 10.1. The second kappa shape index (κ2) is 9.51. The van der Waals surface area contributed by atoms with Crippen molar-refractivity contribution in [1.82, 2.24) is 4.90 Å². The topological polar surface area (TPSA) is 61.9 Å². The normalized spacial score (nSPS) is 13.8. The average molecular weight is 433 g/mol. The van der Waals surface area contributed by atoms with Gasteiger partial charge in [-0.25, -0.2) is 9.18 Å². The van der Waals surface area contributed by atoms with Gasteiger partial charge in [-0.05, 0) is 48.9 Å². The number of methoxy groups -OCH3 is 1. The predicted molar refractivity (Wildman–Crippen MR) is 122 cm³/mol. The molecule has 3 aromatic rings. The van der Waals surface area contributed by atoms with E-state index in [9.17, 15) is 14.0 Å². The lowest BCUT2D eigenvalue weighted by molar-refractivity contribution is 0.102. The summed E-state index contributed by atoms with van der Waals surface area (Å²) >= 11 is 0. The number of amides is 3. The van der Waals surface area contributed by atoms with Crippen molar-refractivity contribution in [3.8, 4) is 5.75 Å². The summed E-state index contributed by atoms with van der Waals surface area (Å²) in [4.78, 5) is 29.0. The third kappa shape index (κ3) is 4.72. The van der Waals surface area contributed by atoms with Crippen molar-refractivity contribution in [2.45, 2.75) is 13.0 Å². The number of anilines is 2. The van der Waals surface area contributed by atoms with Crippen molar-refractivity contribution in [3.63, 3.8) is 0 Å². The van der Waals surface area contributed by atoms with E-state index in [0.717, 1.165) is 6.42 Å². The smallest absolute Gasteiger partial charge is 0.324 e. The Morgan fingerprint density at radius 1 is 1.03 bits per heavy atom. The number of nitrogens with zero attached hydrogens (tertiary/aromatic N) is 2. The van der Waals surface area contributed by atoms with Crippen molar-refractivity contribution < 1.29 is 18.7 Å². The van der Waals surface area contributed by atoms with Crippen LogP contribution in [-0.2, 0) is 6.54 Å². The van der Waals surface area contributed by atoms with Gasteiger partial charge in [0.2, 0.25) is 0 Å². The van der Waals surface area contributed by atoms with E-state index in [1.54, 1.807) is 77.6 Å². The molecule has 1 heterocycles. The molecule has 0 unspecified atom stereocenters. The first kappa shape index (κ1) is 21.4. The summed E-state index contributed by atoms with van der Waals surface area (Å²) in [6, 6.07) is 20.3. The number of carbonyl (C=O) groups is 2. The quantitative estimate of drug-likeness (QED) is 0.600. The Morgan fingerprint density at radius 2 is 1.84 bits per heavy atom. The number of halogens is 1. The molecule has 0 aromatic heterocycles. The van der Waals surface area contributed by atoms with Gasteiger partial charge in [0.1, 0.15) is 11.6 Å². The summed E-state index contributed by atoms with van der Waals surface area (Å²) in [5.74, 6) is 0.00661. The Kier molecular flexibility index (Phi) is 6.35. The van der Waals surface area contributed by atoms with E-state index in [1.807, 2.05) is 6.07 Å². The van der Waals surface area contributed by atoms with E-state index in [2.05, 4.69) is 5.32 Å². The number of benzene rings is 3. The first-order chi connectivity index (χ1) is 15.5. The van der Waals surface area contributed by atoms with Crippen LogP contribution in [0.15, 0.2) is 72.8 Å². The maximum absolute atomic E-state index is 14.1. The second-order valence-corrected chi connectivity index (χ2v) is 7.54. The van der Waals surface area contributed by atoms with Gasteiger partial charge in [0.05, 0.1) is 13.7 Å². The number of urea groups is 1. The molecular formula is C25H24FN3O3. The van der Waals surface area contributed by atoms with Crippen LogP contribution in [0.1, 0.15) is 22.3 Å². The summed E-state index contributed by atoms with van der Waals surface area (Å²) in [7, 11) is 1.55. The van der Waals surface area contributed by atoms with Gasteiger partial charge in [-0.2, -0.15) is 0 Å². The van der Waals surface area contributed by atoms with Crippen LogP contribution in [-0.4, -0.2) is 37.0 Å². The molecule has 1 N–H and O–H groups in total. The summed E-state index contributed by atoms with van der Waals surface area (Å²) < 4.78 is 19.2. The van der Waals surface area contributed by atoms with Crippen LogP contribution < -0.4 is 15.0 Å². The fourth-order valence-electron chi connectivity index (χ4n) is 3.72. The third-order valence-corrected chi connectivity index (χ3v) is 5.38. The molecule has 0 bridgehead atoms. The van der Waals surface area contributed by atoms with Gasteiger partial charge in [-0.3, -0.25) is 9.69 Å². The highest BCUT2D eigenvalue weighted by atomic mass is 19.1. The van der Waals surface area contributed by atoms with Crippen LogP contribution in [0.5, 0.6) is 5.75 Å². The van der Waals surface area contributed by atoms with Crippen LogP contribution in [0.3, 0.4) is 0 Å². The zero-order chi connectivity index (χ0) is 22.5. The Hall–Kier alpha value is -3.87. The standard InChI is InChI=1S/C25H24FN3O3/c1-32-22-11-4-8-18(15-22)24(30)27-20-9-5-10-21(16-20)29-14-6-13-28(25(29)31)17-19-7-2-3-12-23(19)26/h2-5,7-12,15-16H,6,13-14,17H2,1H3,(H,27,30). The average Bonchev–Trinajstić information content (AvgIpc) is 2.82. The van der Waals surface area contributed by atoms with E-state index in [1.165, 1.54) is 6.07 Å². The number of hydrogen-bond acceptors (Lipinski definition) is 3. The molecular weight excluding hydrogens is 409 g/mol.